The van der Waals surface area contributed by atoms with E-state index < -0.39 is 0 Å². The summed E-state index contributed by atoms with van der Waals surface area (Å²) in [6, 6.07) is 0. The smallest absolute Gasteiger partial charge is 0.0644 e. The zero-order chi connectivity index (χ0) is 9.68. The molecule has 0 amide bonds. The molecule has 1 nitrogen and oxygen atoms in total. The normalized spacial score (nSPS) is 21.1. The van der Waals surface area contributed by atoms with E-state index in [0.717, 1.165) is 0 Å². The van der Waals surface area contributed by atoms with Crippen LogP contribution in [0.3, 0.4) is 0 Å². The van der Waals surface area contributed by atoms with Gasteiger partial charge in [0.25, 0.3) is 0 Å². The van der Waals surface area contributed by atoms with Gasteiger partial charge >= 0.3 is 0 Å². The average molecular weight is 182 g/mol. The molecule has 0 bridgehead atoms. The van der Waals surface area contributed by atoms with Gasteiger partial charge in [0.15, 0.2) is 0 Å². The standard InChI is InChI=1S/C12H22O/c1-10(2)8-12(9-13)11-6-4-3-5-7-11/h8,10-11,13H,3-7,9H2,1-2H3. The van der Waals surface area contributed by atoms with Gasteiger partial charge in [-0.1, -0.05) is 39.2 Å². The Hall–Kier alpha value is -0.300. The Morgan fingerprint density at radius 3 is 2.38 bits per heavy atom. The van der Waals surface area contributed by atoms with Gasteiger partial charge in [-0.3, -0.25) is 0 Å². The summed E-state index contributed by atoms with van der Waals surface area (Å²) in [5, 5.41) is 9.26. The molecule has 1 rings (SSSR count). The third kappa shape index (κ3) is 3.51. The minimum absolute atomic E-state index is 0.267. The summed E-state index contributed by atoms with van der Waals surface area (Å²) in [5.74, 6) is 1.25. The molecule has 0 aromatic heterocycles. The summed E-state index contributed by atoms with van der Waals surface area (Å²) < 4.78 is 0. The number of rotatable bonds is 3. The van der Waals surface area contributed by atoms with Gasteiger partial charge in [0.2, 0.25) is 0 Å². The van der Waals surface area contributed by atoms with Gasteiger partial charge < -0.3 is 5.11 Å². The minimum atomic E-state index is 0.267. The molecule has 76 valence electrons. The fourth-order valence-corrected chi connectivity index (χ4v) is 2.22. The molecule has 0 radical (unpaired) electrons. The van der Waals surface area contributed by atoms with E-state index >= 15 is 0 Å². The van der Waals surface area contributed by atoms with Crippen molar-refractivity contribution in [1.82, 2.24) is 0 Å². The number of allylic oxidation sites excluding steroid dienone is 1. The first kappa shape index (κ1) is 10.8. The van der Waals surface area contributed by atoms with Crippen LogP contribution >= 0.6 is 0 Å². The fraction of sp³-hybridized carbons (Fsp3) is 0.833. The molecule has 1 aliphatic rings. The average Bonchev–Trinajstić information content (AvgIpc) is 2.15. The largest absolute Gasteiger partial charge is 0.392 e. The van der Waals surface area contributed by atoms with Crippen LogP contribution < -0.4 is 0 Å². The molecular weight excluding hydrogens is 160 g/mol. The van der Waals surface area contributed by atoms with Crippen molar-refractivity contribution >= 4 is 0 Å². The minimum Gasteiger partial charge on any atom is -0.392 e. The Bertz CT molecular complexity index is 164. The van der Waals surface area contributed by atoms with Crippen LogP contribution in [0.15, 0.2) is 11.6 Å². The SMILES string of the molecule is CC(C)C=C(CO)C1CCCCC1. The van der Waals surface area contributed by atoms with Gasteiger partial charge in [-0.2, -0.15) is 0 Å². The molecule has 0 saturated heterocycles. The Labute approximate surface area is 81.9 Å². The molecule has 1 saturated carbocycles. The molecule has 0 atom stereocenters. The van der Waals surface area contributed by atoms with Crippen molar-refractivity contribution in [3.8, 4) is 0 Å². The van der Waals surface area contributed by atoms with Crippen LogP contribution in [0.5, 0.6) is 0 Å². The van der Waals surface area contributed by atoms with Crippen molar-refractivity contribution in [3.63, 3.8) is 0 Å². The highest BCUT2D eigenvalue weighted by Crippen LogP contribution is 2.29. The summed E-state index contributed by atoms with van der Waals surface area (Å²) >= 11 is 0. The number of aliphatic hydroxyl groups is 1. The lowest BCUT2D eigenvalue weighted by molar-refractivity contribution is 0.291. The molecule has 13 heavy (non-hydrogen) atoms. The van der Waals surface area contributed by atoms with Crippen LogP contribution in [0.2, 0.25) is 0 Å². The summed E-state index contributed by atoms with van der Waals surface area (Å²) in [6.07, 6.45) is 8.91. The molecule has 1 fully saturated rings. The highest BCUT2D eigenvalue weighted by Gasteiger charge is 2.16. The first-order chi connectivity index (χ1) is 6.24. The van der Waals surface area contributed by atoms with E-state index in [2.05, 4.69) is 19.9 Å². The van der Waals surface area contributed by atoms with E-state index in [1.807, 2.05) is 0 Å². The molecule has 0 aromatic rings. The zero-order valence-corrected chi connectivity index (χ0v) is 8.92. The monoisotopic (exact) mass is 182 g/mol. The summed E-state index contributed by atoms with van der Waals surface area (Å²) in [4.78, 5) is 0. The molecule has 0 unspecified atom stereocenters. The fourth-order valence-electron chi connectivity index (χ4n) is 2.22. The van der Waals surface area contributed by atoms with Gasteiger partial charge in [-0.15, -0.1) is 0 Å². The summed E-state index contributed by atoms with van der Waals surface area (Å²) in [6.45, 7) is 4.62. The summed E-state index contributed by atoms with van der Waals surface area (Å²) in [5.41, 5.74) is 1.29. The molecule has 1 heteroatoms. The highest BCUT2D eigenvalue weighted by molar-refractivity contribution is 5.08. The lowest BCUT2D eigenvalue weighted by Gasteiger charge is -2.24. The quantitative estimate of drug-likeness (QED) is 0.665. The molecule has 0 spiro atoms. The second-order valence-electron chi connectivity index (χ2n) is 4.48. The zero-order valence-electron chi connectivity index (χ0n) is 8.92. The molecule has 0 aliphatic heterocycles. The predicted octanol–water partition coefficient (Wildman–Crippen LogP) is 3.14. The van der Waals surface area contributed by atoms with E-state index in [-0.39, 0.29) is 6.61 Å². The number of hydrogen-bond acceptors (Lipinski definition) is 1. The Morgan fingerprint density at radius 1 is 1.31 bits per heavy atom. The Morgan fingerprint density at radius 2 is 1.92 bits per heavy atom. The Balaban J connectivity index is 2.53. The maximum Gasteiger partial charge on any atom is 0.0644 e. The molecule has 0 aromatic carbocycles. The maximum atomic E-state index is 9.26. The highest BCUT2D eigenvalue weighted by atomic mass is 16.3. The Kier molecular flexibility index (Phi) is 4.51. The van der Waals surface area contributed by atoms with Crippen LogP contribution in [-0.4, -0.2) is 11.7 Å². The van der Waals surface area contributed by atoms with Gasteiger partial charge in [0.1, 0.15) is 0 Å². The molecule has 0 heterocycles. The van der Waals surface area contributed by atoms with Crippen molar-refractivity contribution < 1.29 is 5.11 Å². The third-order valence-corrected chi connectivity index (χ3v) is 2.86. The first-order valence-electron chi connectivity index (χ1n) is 5.55. The van der Waals surface area contributed by atoms with Crippen LogP contribution in [-0.2, 0) is 0 Å². The van der Waals surface area contributed by atoms with Crippen molar-refractivity contribution in [2.75, 3.05) is 6.61 Å². The lowest BCUT2D eigenvalue weighted by Crippen LogP contribution is -2.12. The maximum absolute atomic E-state index is 9.26. The second-order valence-corrected chi connectivity index (χ2v) is 4.48. The predicted molar refractivity (Wildman–Crippen MR) is 56.6 cm³/mol. The van der Waals surface area contributed by atoms with Crippen LogP contribution in [0.4, 0.5) is 0 Å². The number of hydrogen-bond donors (Lipinski definition) is 1. The van der Waals surface area contributed by atoms with Gasteiger partial charge in [0, 0.05) is 0 Å². The van der Waals surface area contributed by atoms with Crippen molar-refractivity contribution in [2.45, 2.75) is 46.0 Å². The van der Waals surface area contributed by atoms with Gasteiger partial charge in [-0.25, -0.2) is 0 Å². The van der Waals surface area contributed by atoms with E-state index in [1.165, 1.54) is 37.7 Å². The van der Waals surface area contributed by atoms with E-state index in [9.17, 15) is 5.11 Å². The van der Waals surface area contributed by atoms with Crippen LogP contribution in [0.1, 0.15) is 46.0 Å². The van der Waals surface area contributed by atoms with Crippen molar-refractivity contribution in [1.29, 1.82) is 0 Å². The van der Waals surface area contributed by atoms with Crippen molar-refractivity contribution in [2.24, 2.45) is 11.8 Å². The van der Waals surface area contributed by atoms with Gasteiger partial charge in [0.05, 0.1) is 6.61 Å². The van der Waals surface area contributed by atoms with Gasteiger partial charge in [-0.05, 0) is 30.3 Å². The molecule has 1 aliphatic carbocycles. The van der Waals surface area contributed by atoms with E-state index in [1.54, 1.807) is 0 Å². The summed E-state index contributed by atoms with van der Waals surface area (Å²) in [7, 11) is 0. The molecular formula is C12H22O. The second kappa shape index (κ2) is 5.43. The topological polar surface area (TPSA) is 20.2 Å². The van der Waals surface area contributed by atoms with Crippen LogP contribution in [0, 0.1) is 11.8 Å². The van der Waals surface area contributed by atoms with E-state index in [4.69, 9.17) is 0 Å². The van der Waals surface area contributed by atoms with Crippen LogP contribution in [0.25, 0.3) is 0 Å². The van der Waals surface area contributed by atoms with Crippen molar-refractivity contribution in [3.05, 3.63) is 11.6 Å². The number of aliphatic hydroxyl groups excluding tert-OH is 1. The van der Waals surface area contributed by atoms with E-state index in [0.29, 0.717) is 11.8 Å². The molecule has 1 N–H and O–H groups in total. The first-order valence-corrected chi connectivity index (χ1v) is 5.55. The lowest BCUT2D eigenvalue weighted by atomic mass is 9.83. The third-order valence-electron chi connectivity index (χ3n) is 2.86.